The molecule has 0 fully saturated rings. The molecule has 0 heterocycles. The van der Waals surface area contributed by atoms with Gasteiger partial charge in [-0.15, -0.1) is 6.42 Å². The summed E-state index contributed by atoms with van der Waals surface area (Å²) >= 11 is 0. The molecule has 5 heteroatoms. The second-order valence-electron chi connectivity index (χ2n) is 6.21. The van der Waals surface area contributed by atoms with Crippen LogP contribution in [0.1, 0.15) is 84.0 Å². The molecule has 5 nitrogen and oxygen atoms in total. The monoisotopic (exact) mass is 353 g/mol. The Labute approximate surface area is 153 Å². The van der Waals surface area contributed by atoms with Crippen molar-refractivity contribution in [2.24, 2.45) is 0 Å². The van der Waals surface area contributed by atoms with E-state index in [1.165, 1.54) is 38.5 Å². The average molecular weight is 354 g/mol. The highest BCUT2D eigenvalue weighted by Crippen LogP contribution is 2.08. The lowest BCUT2D eigenvalue weighted by atomic mass is 10.1. The molecule has 0 unspecified atom stereocenters. The number of terminal acetylenes is 1. The minimum atomic E-state index is -0.497. The Morgan fingerprint density at radius 2 is 1.52 bits per heavy atom. The number of carbonyl (C=O) groups is 2. The zero-order chi connectivity index (χ0) is 18.6. The molecule has 0 aliphatic carbocycles. The van der Waals surface area contributed by atoms with Gasteiger partial charge in [0.1, 0.15) is 0 Å². The lowest BCUT2D eigenvalue weighted by molar-refractivity contribution is -0.143. The summed E-state index contributed by atoms with van der Waals surface area (Å²) < 4.78 is 9.90. The van der Waals surface area contributed by atoms with E-state index in [4.69, 9.17) is 11.2 Å². The molecular weight excluding hydrogens is 318 g/mol. The van der Waals surface area contributed by atoms with Crippen LogP contribution < -0.4 is 5.32 Å². The van der Waals surface area contributed by atoms with Crippen molar-refractivity contribution in [2.75, 3.05) is 19.8 Å². The highest BCUT2D eigenvalue weighted by molar-refractivity contribution is 5.69. The van der Waals surface area contributed by atoms with Crippen molar-refractivity contribution >= 4 is 12.1 Å². The van der Waals surface area contributed by atoms with Gasteiger partial charge in [0.05, 0.1) is 6.61 Å². The summed E-state index contributed by atoms with van der Waals surface area (Å²) in [6.45, 7) is 3.27. The van der Waals surface area contributed by atoms with Crippen molar-refractivity contribution in [3.05, 3.63) is 0 Å². The number of hydrogen-bond donors (Lipinski definition) is 1. The number of carbonyl (C=O) groups excluding carboxylic acids is 2. The Kier molecular flexibility index (Phi) is 17.4. The van der Waals surface area contributed by atoms with E-state index in [2.05, 4.69) is 22.9 Å². The van der Waals surface area contributed by atoms with Gasteiger partial charge in [-0.1, -0.05) is 64.2 Å². The van der Waals surface area contributed by atoms with Crippen molar-refractivity contribution in [3.8, 4) is 12.3 Å². The molecule has 0 aliphatic heterocycles. The molecule has 0 saturated carbocycles. The fourth-order valence-electron chi connectivity index (χ4n) is 2.41. The molecule has 0 aliphatic rings. The number of hydrogen-bond acceptors (Lipinski definition) is 4. The van der Waals surface area contributed by atoms with E-state index in [0.717, 1.165) is 32.1 Å². The van der Waals surface area contributed by atoms with Crippen molar-refractivity contribution in [1.29, 1.82) is 0 Å². The highest BCUT2D eigenvalue weighted by atomic mass is 16.5. The molecule has 0 spiro atoms. The zero-order valence-corrected chi connectivity index (χ0v) is 15.8. The summed E-state index contributed by atoms with van der Waals surface area (Å²) in [5.41, 5.74) is 0. The van der Waals surface area contributed by atoms with Gasteiger partial charge < -0.3 is 14.8 Å². The minimum absolute atomic E-state index is 0.0173. The third kappa shape index (κ3) is 18.5. The first-order chi connectivity index (χ1) is 12.2. The number of amides is 1. The van der Waals surface area contributed by atoms with Crippen molar-refractivity contribution < 1.29 is 19.1 Å². The number of unbranched alkanes of at least 4 members (excludes halogenated alkanes) is 9. The van der Waals surface area contributed by atoms with Gasteiger partial charge in [-0.2, -0.15) is 0 Å². The van der Waals surface area contributed by atoms with Crippen molar-refractivity contribution in [3.63, 3.8) is 0 Å². The summed E-state index contributed by atoms with van der Waals surface area (Å²) in [7, 11) is 0. The topological polar surface area (TPSA) is 64.6 Å². The summed E-state index contributed by atoms with van der Waals surface area (Å²) in [5, 5.41) is 2.60. The SMILES string of the molecule is C#CCOC(=O)NCCCCCC(=O)OCCCCCCCCCC. The number of nitrogens with one attached hydrogen (secondary N) is 1. The predicted molar refractivity (Wildman–Crippen MR) is 100 cm³/mol. The molecule has 0 rings (SSSR count). The van der Waals surface area contributed by atoms with Gasteiger partial charge in [-0.05, 0) is 19.3 Å². The number of alkyl carbamates (subject to hydrolysis) is 1. The molecule has 144 valence electrons. The Balaban J connectivity index is 3.26. The molecular formula is C20H35NO4. The van der Waals surface area contributed by atoms with Gasteiger partial charge in [-0.25, -0.2) is 4.79 Å². The molecule has 0 aromatic carbocycles. The Morgan fingerprint density at radius 3 is 2.20 bits per heavy atom. The Bertz CT molecular complexity index is 376. The van der Waals surface area contributed by atoms with Crippen LogP contribution in [0.15, 0.2) is 0 Å². The Hall–Kier alpha value is -1.70. The fourth-order valence-corrected chi connectivity index (χ4v) is 2.41. The average Bonchev–Trinajstić information content (AvgIpc) is 2.61. The quantitative estimate of drug-likeness (QED) is 0.250. The summed E-state index contributed by atoms with van der Waals surface area (Å²) in [6.07, 6.45) is 17.3. The van der Waals surface area contributed by atoms with Gasteiger partial charge in [0.25, 0.3) is 0 Å². The van der Waals surface area contributed by atoms with Crippen LogP contribution in [0.25, 0.3) is 0 Å². The van der Waals surface area contributed by atoms with Gasteiger partial charge in [0.2, 0.25) is 0 Å². The fraction of sp³-hybridized carbons (Fsp3) is 0.800. The number of esters is 1. The molecule has 1 N–H and O–H groups in total. The lowest BCUT2D eigenvalue weighted by Gasteiger charge is -2.06. The lowest BCUT2D eigenvalue weighted by Crippen LogP contribution is -2.25. The number of rotatable bonds is 16. The first-order valence-corrected chi connectivity index (χ1v) is 9.70. The molecule has 0 radical (unpaired) electrons. The second kappa shape index (κ2) is 18.6. The summed E-state index contributed by atoms with van der Waals surface area (Å²) in [5.74, 6) is 2.10. The highest BCUT2D eigenvalue weighted by Gasteiger charge is 2.03. The standard InChI is InChI=1S/C20H35NO4/c1-3-5-6-7-8-9-10-14-18-24-19(22)15-12-11-13-16-21-20(23)25-17-4-2/h2H,3,5-18H2,1H3,(H,21,23). The second-order valence-corrected chi connectivity index (χ2v) is 6.21. The normalized spacial score (nSPS) is 10.1. The van der Waals surface area contributed by atoms with Crippen LogP contribution in [0, 0.1) is 12.3 Å². The van der Waals surface area contributed by atoms with E-state index in [-0.39, 0.29) is 12.6 Å². The molecule has 0 saturated heterocycles. The number of ether oxygens (including phenoxy) is 2. The van der Waals surface area contributed by atoms with Crippen LogP contribution in [0.3, 0.4) is 0 Å². The maximum absolute atomic E-state index is 11.6. The molecule has 25 heavy (non-hydrogen) atoms. The van der Waals surface area contributed by atoms with Gasteiger partial charge in [0.15, 0.2) is 6.61 Å². The molecule has 0 bridgehead atoms. The van der Waals surface area contributed by atoms with Crippen LogP contribution in [-0.2, 0) is 14.3 Å². The first-order valence-electron chi connectivity index (χ1n) is 9.70. The largest absolute Gasteiger partial charge is 0.466 e. The molecule has 0 aromatic rings. The van der Waals surface area contributed by atoms with Gasteiger partial charge >= 0.3 is 12.1 Å². The van der Waals surface area contributed by atoms with E-state index < -0.39 is 6.09 Å². The van der Waals surface area contributed by atoms with Gasteiger partial charge in [0, 0.05) is 13.0 Å². The predicted octanol–water partition coefficient (Wildman–Crippen LogP) is 4.59. The maximum atomic E-state index is 11.6. The van der Waals surface area contributed by atoms with E-state index >= 15 is 0 Å². The minimum Gasteiger partial charge on any atom is -0.466 e. The van der Waals surface area contributed by atoms with Gasteiger partial charge in [-0.3, -0.25) is 4.79 Å². The Morgan fingerprint density at radius 1 is 0.880 bits per heavy atom. The smallest absolute Gasteiger partial charge is 0.408 e. The van der Waals surface area contributed by atoms with Crippen LogP contribution >= 0.6 is 0 Å². The maximum Gasteiger partial charge on any atom is 0.408 e. The van der Waals surface area contributed by atoms with E-state index in [9.17, 15) is 9.59 Å². The van der Waals surface area contributed by atoms with E-state index in [1.807, 2.05) is 0 Å². The van der Waals surface area contributed by atoms with E-state index in [0.29, 0.717) is 19.6 Å². The van der Waals surface area contributed by atoms with Crippen molar-refractivity contribution in [1.82, 2.24) is 5.32 Å². The summed E-state index contributed by atoms with van der Waals surface area (Å²) in [6, 6.07) is 0. The third-order valence-corrected chi connectivity index (χ3v) is 3.87. The van der Waals surface area contributed by atoms with Crippen LogP contribution in [0.2, 0.25) is 0 Å². The van der Waals surface area contributed by atoms with Crippen LogP contribution in [-0.4, -0.2) is 31.8 Å². The van der Waals surface area contributed by atoms with Crippen molar-refractivity contribution in [2.45, 2.75) is 84.0 Å². The molecule has 1 amide bonds. The zero-order valence-electron chi connectivity index (χ0n) is 15.8. The molecule has 0 aromatic heterocycles. The third-order valence-electron chi connectivity index (χ3n) is 3.87. The molecule has 0 atom stereocenters. The van der Waals surface area contributed by atoms with E-state index in [1.54, 1.807) is 0 Å². The summed E-state index contributed by atoms with van der Waals surface area (Å²) in [4.78, 5) is 22.7. The van der Waals surface area contributed by atoms with Crippen LogP contribution in [0.4, 0.5) is 4.79 Å². The first kappa shape index (κ1) is 23.3. The van der Waals surface area contributed by atoms with Crippen LogP contribution in [0.5, 0.6) is 0 Å².